The Labute approximate surface area is 235 Å². The van der Waals surface area contributed by atoms with E-state index in [0.29, 0.717) is 23.5 Å². The maximum atomic E-state index is 13.4. The summed E-state index contributed by atoms with van der Waals surface area (Å²) in [7, 11) is 0. The van der Waals surface area contributed by atoms with E-state index in [1.807, 2.05) is 31.2 Å². The summed E-state index contributed by atoms with van der Waals surface area (Å²) < 4.78 is 10.8. The van der Waals surface area contributed by atoms with Crippen LogP contribution in [0.3, 0.4) is 0 Å². The normalized spacial score (nSPS) is 16.3. The molecule has 1 fully saturated rings. The highest BCUT2D eigenvalue weighted by molar-refractivity contribution is 6.46. The third kappa shape index (κ3) is 6.42. The van der Waals surface area contributed by atoms with Gasteiger partial charge < -0.3 is 19.5 Å². The molecule has 1 heterocycles. The molecule has 0 bridgehead atoms. The van der Waals surface area contributed by atoms with E-state index < -0.39 is 23.7 Å². The molecule has 0 saturated carbocycles. The molecular formula is C33H35NO6. The Morgan fingerprint density at radius 2 is 1.62 bits per heavy atom. The second kappa shape index (κ2) is 13.1. The predicted octanol–water partition coefficient (Wildman–Crippen LogP) is 6.36. The lowest BCUT2D eigenvalue weighted by Crippen LogP contribution is -2.29. The van der Waals surface area contributed by atoms with Crippen LogP contribution in [-0.4, -0.2) is 40.9 Å². The number of unbranched alkanes of at least 4 members (excludes halogenated alkanes) is 2. The van der Waals surface area contributed by atoms with Gasteiger partial charge in [-0.15, -0.1) is 0 Å². The molecule has 1 N–H and O–H groups in total. The van der Waals surface area contributed by atoms with Gasteiger partial charge in [0.15, 0.2) is 0 Å². The standard InChI is InChI=1S/C33H35NO6/c1-4-6-7-19-40-27-17-15-24(16-18-27)30(35)28-29(26-10-8-9-22(3)20-26)34(32(37)31(28)36)21-23-11-13-25(14-12-23)33(38)39-5-2/h8-18,20,29,35H,4-7,19,21H2,1-3H3/b30-28+. The van der Waals surface area contributed by atoms with Crippen LogP contribution in [0, 0.1) is 6.92 Å². The van der Waals surface area contributed by atoms with E-state index in [4.69, 9.17) is 9.47 Å². The highest BCUT2D eigenvalue weighted by Crippen LogP contribution is 2.40. The van der Waals surface area contributed by atoms with Crippen molar-refractivity contribution in [1.82, 2.24) is 4.90 Å². The van der Waals surface area contributed by atoms with Crippen LogP contribution in [-0.2, 0) is 20.9 Å². The number of aryl methyl sites for hydroxylation is 1. The molecule has 40 heavy (non-hydrogen) atoms. The highest BCUT2D eigenvalue weighted by Gasteiger charge is 2.46. The molecule has 1 unspecified atom stereocenters. The molecule has 0 radical (unpaired) electrons. The molecule has 3 aromatic carbocycles. The molecule has 4 rings (SSSR count). The van der Waals surface area contributed by atoms with Crippen LogP contribution in [0.5, 0.6) is 5.75 Å². The van der Waals surface area contributed by atoms with Gasteiger partial charge in [-0.1, -0.05) is 61.7 Å². The van der Waals surface area contributed by atoms with Crippen LogP contribution >= 0.6 is 0 Å². The lowest BCUT2D eigenvalue weighted by atomic mass is 9.94. The van der Waals surface area contributed by atoms with E-state index in [1.54, 1.807) is 55.5 Å². The number of amides is 1. The largest absolute Gasteiger partial charge is 0.507 e. The summed E-state index contributed by atoms with van der Waals surface area (Å²) >= 11 is 0. The van der Waals surface area contributed by atoms with Crippen molar-refractivity contribution >= 4 is 23.4 Å². The topological polar surface area (TPSA) is 93.1 Å². The first-order valence-electron chi connectivity index (χ1n) is 13.7. The van der Waals surface area contributed by atoms with Gasteiger partial charge in [0, 0.05) is 12.1 Å². The highest BCUT2D eigenvalue weighted by atomic mass is 16.5. The zero-order chi connectivity index (χ0) is 28.6. The number of rotatable bonds is 11. The summed E-state index contributed by atoms with van der Waals surface area (Å²) in [4.78, 5) is 40.2. The van der Waals surface area contributed by atoms with Crippen molar-refractivity contribution in [2.75, 3.05) is 13.2 Å². The van der Waals surface area contributed by atoms with E-state index in [-0.39, 0.29) is 24.5 Å². The quantitative estimate of drug-likeness (QED) is 0.0998. The molecule has 3 aromatic rings. The summed E-state index contributed by atoms with van der Waals surface area (Å²) in [5, 5.41) is 11.4. The van der Waals surface area contributed by atoms with Crippen LogP contribution in [0.25, 0.3) is 5.76 Å². The van der Waals surface area contributed by atoms with Gasteiger partial charge in [-0.05, 0) is 67.8 Å². The van der Waals surface area contributed by atoms with Gasteiger partial charge in [-0.2, -0.15) is 0 Å². The fourth-order valence-electron chi connectivity index (χ4n) is 4.79. The average Bonchev–Trinajstić information content (AvgIpc) is 3.21. The number of nitrogens with zero attached hydrogens (tertiary/aromatic N) is 1. The Kier molecular flexibility index (Phi) is 9.38. The molecule has 1 amide bonds. The molecule has 0 aromatic heterocycles. The average molecular weight is 542 g/mol. The Morgan fingerprint density at radius 1 is 0.925 bits per heavy atom. The summed E-state index contributed by atoms with van der Waals surface area (Å²) in [5.74, 6) is -1.42. The minimum absolute atomic E-state index is 0.0374. The van der Waals surface area contributed by atoms with Crippen molar-refractivity contribution in [3.05, 3.63) is 106 Å². The van der Waals surface area contributed by atoms with E-state index in [2.05, 4.69) is 6.92 Å². The van der Waals surface area contributed by atoms with Gasteiger partial charge >= 0.3 is 5.97 Å². The Hall–Kier alpha value is -4.39. The monoisotopic (exact) mass is 541 g/mol. The van der Waals surface area contributed by atoms with E-state index in [9.17, 15) is 19.5 Å². The van der Waals surface area contributed by atoms with Gasteiger partial charge in [0.2, 0.25) is 0 Å². The second-order valence-electron chi connectivity index (χ2n) is 9.84. The SMILES string of the molecule is CCCCCOc1ccc(/C(O)=C2\C(=O)C(=O)N(Cc3ccc(C(=O)OCC)cc3)C2c2cccc(C)c2)cc1. The van der Waals surface area contributed by atoms with Crippen molar-refractivity contribution in [1.29, 1.82) is 0 Å². The molecular weight excluding hydrogens is 506 g/mol. The van der Waals surface area contributed by atoms with Crippen molar-refractivity contribution in [2.45, 2.75) is 52.6 Å². The minimum Gasteiger partial charge on any atom is -0.507 e. The zero-order valence-corrected chi connectivity index (χ0v) is 23.2. The van der Waals surface area contributed by atoms with Crippen molar-refractivity contribution in [3.8, 4) is 5.75 Å². The Bertz CT molecular complexity index is 1390. The van der Waals surface area contributed by atoms with Crippen LogP contribution < -0.4 is 4.74 Å². The predicted molar refractivity (Wildman–Crippen MR) is 153 cm³/mol. The second-order valence-corrected chi connectivity index (χ2v) is 9.84. The van der Waals surface area contributed by atoms with Crippen molar-refractivity contribution in [2.24, 2.45) is 0 Å². The van der Waals surface area contributed by atoms with Gasteiger partial charge in [0.05, 0.1) is 30.4 Å². The number of ketones is 1. The fraction of sp³-hybridized carbons (Fsp3) is 0.303. The number of esters is 1. The first-order valence-corrected chi connectivity index (χ1v) is 13.7. The molecule has 0 spiro atoms. The van der Waals surface area contributed by atoms with Gasteiger partial charge in [-0.25, -0.2) is 4.79 Å². The summed E-state index contributed by atoms with van der Waals surface area (Å²) in [5.41, 5.74) is 3.29. The van der Waals surface area contributed by atoms with E-state index in [1.165, 1.54) is 4.90 Å². The zero-order valence-electron chi connectivity index (χ0n) is 23.2. The number of Topliss-reactive ketones (excluding diaryl/α,β-unsaturated/α-hetero) is 1. The number of carbonyl (C=O) groups is 3. The molecule has 1 atom stereocenters. The molecule has 0 aliphatic carbocycles. The first kappa shape index (κ1) is 28.6. The molecule has 7 heteroatoms. The summed E-state index contributed by atoms with van der Waals surface area (Å²) in [6, 6.07) is 20.4. The van der Waals surface area contributed by atoms with Crippen LogP contribution in [0.2, 0.25) is 0 Å². The van der Waals surface area contributed by atoms with Gasteiger partial charge in [0.1, 0.15) is 11.5 Å². The van der Waals surface area contributed by atoms with Crippen LogP contribution in [0.4, 0.5) is 0 Å². The molecule has 1 saturated heterocycles. The number of likely N-dealkylation sites (tertiary alicyclic amines) is 1. The van der Waals surface area contributed by atoms with E-state index >= 15 is 0 Å². The summed E-state index contributed by atoms with van der Waals surface area (Å²) in [6.45, 7) is 6.81. The number of aliphatic hydroxyl groups excluding tert-OH is 1. The number of ether oxygens (including phenoxy) is 2. The first-order chi connectivity index (χ1) is 19.3. The third-order valence-corrected chi connectivity index (χ3v) is 6.86. The number of hydrogen-bond acceptors (Lipinski definition) is 6. The maximum absolute atomic E-state index is 13.4. The lowest BCUT2D eigenvalue weighted by Gasteiger charge is -2.26. The van der Waals surface area contributed by atoms with Crippen molar-refractivity contribution in [3.63, 3.8) is 0 Å². The number of carbonyl (C=O) groups excluding carboxylic acids is 3. The van der Waals surface area contributed by atoms with Gasteiger partial charge in [-0.3, -0.25) is 9.59 Å². The number of hydrogen-bond donors (Lipinski definition) is 1. The smallest absolute Gasteiger partial charge is 0.338 e. The fourth-order valence-corrected chi connectivity index (χ4v) is 4.79. The Balaban J connectivity index is 1.67. The minimum atomic E-state index is -0.783. The molecule has 1 aliphatic rings. The van der Waals surface area contributed by atoms with Crippen molar-refractivity contribution < 1.29 is 29.0 Å². The third-order valence-electron chi connectivity index (χ3n) is 6.86. The molecule has 7 nitrogen and oxygen atoms in total. The number of benzene rings is 3. The maximum Gasteiger partial charge on any atom is 0.338 e. The lowest BCUT2D eigenvalue weighted by molar-refractivity contribution is -0.140. The van der Waals surface area contributed by atoms with E-state index in [0.717, 1.165) is 36.0 Å². The van der Waals surface area contributed by atoms with Crippen LogP contribution in [0.1, 0.15) is 71.8 Å². The summed E-state index contributed by atoms with van der Waals surface area (Å²) in [6.07, 6.45) is 3.16. The molecule has 1 aliphatic heterocycles. The van der Waals surface area contributed by atoms with Crippen LogP contribution in [0.15, 0.2) is 78.4 Å². The molecule has 208 valence electrons. The Morgan fingerprint density at radius 3 is 2.27 bits per heavy atom. The number of aliphatic hydroxyl groups is 1. The van der Waals surface area contributed by atoms with Gasteiger partial charge in [0.25, 0.3) is 11.7 Å².